The Morgan fingerprint density at radius 1 is 1.07 bits per heavy atom. The molecule has 1 saturated heterocycles. The van der Waals surface area contributed by atoms with Crippen LogP contribution in [-0.4, -0.2) is 105 Å². The molecule has 1 spiro atoms. The molecule has 14 nitrogen and oxygen atoms in total. The number of halogens is 3. The third-order valence-electron chi connectivity index (χ3n) is 8.15. The molecular formula is C27H28F3NO13. The van der Waals surface area contributed by atoms with Gasteiger partial charge in [-0.25, -0.2) is 14.4 Å². The number of carboxylic acids is 2. The van der Waals surface area contributed by atoms with E-state index in [1.54, 1.807) is 6.07 Å². The summed E-state index contributed by atoms with van der Waals surface area (Å²) in [6.45, 7) is 2.52. The van der Waals surface area contributed by atoms with E-state index in [0.29, 0.717) is 24.9 Å². The number of ether oxygens (including phenoxy) is 4. The van der Waals surface area contributed by atoms with E-state index in [9.17, 15) is 47.7 Å². The molecule has 1 aromatic carbocycles. The van der Waals surface area contributed by atoms with Gasteiger partial charge in [0.25, 0.3) is 0 Å². The highest BCUT2D eigenvalue weighted by Crippen LogP contribution is 2.65. The van der Waals surface area contributed by atoms with Gasteiger partial charge in [-0.3, -0.25) is 9.59 Å². The van der Waals surface area contributed by atoms with E-state index in [1.165, 1.54) is 12.1 Å². The maximum absolute atomic E-state index is 13.2. The van der Waals surface area contributed by atoms with Gasteiger partial charge in [0.1, 0.15) is 5.76 Å². The number of hydrogen-bond donors (Lipinski definition) is 4. The highest BCUT2D eigenvalue weighted by Gasteiger charge is 2.72. The average Bonchev–Trinajstić information content (AvgIpc) is 3.27. The number of carboxylic acid groups (broad SMARTS) is 2. The maximum atomic E-state index is 13.2. The van der Waals surface area contributed by atoms with E-state index < -0.39 is 65.4 Å². The lowest BCUT2D eigenvalue weighted by molar-refractivity contribution is -0.192. The van der Waals surface area contributed by atoms with Crippen molar-refractivity contribution >= 4 is 29.8 Å². The Morgan fingerprint density at radius 2 is 1.66 bits per heavy atom. The summed E-state index contributed by atoms with van der Waals surface area (Å²) in [5, 5.41) is 39.4. The van der Waals surface area contributed by atoms with E-state index in [2.05, 4.69) is 4.90 Å². The fourth-order valence-electron chi connectivity index (χ4n) is 6.44. The van der Waals surface area contributed by atoms with Gasteiger partial charge in [-0.2, -0.15) is 13.2 Å². The molecule has 0 aromatic heterocycles. The molecule has 0 radical (unpaired) electrons. The molecule has 0 unspecified atom stereocenters. The van der Waals surface area contributed by atoms with Crippen LogP contribution >= 0.6 is 0 Å². The number of phenols is 1. The van der Waals surface area contributed by atoms with Crippen LogP contribution in [0, 0.1) is 0 Å². The summed E-state index contributed by atoms with van der Waals surface area (Å²) in [6, 6.07) is 3.05. The number of likely N-dealkylation sites (N-methyl/N-ethyl adjacent to an activating group) is 1. The Balaban J connectivity index is 0.000000566. The van der Waals surface area contributed by atoms with E-state index >= 15 is 0 Å². The number of piperidine rings is 1. The lowest BCUT2D eigenvalue weighted by Crippen LogP contribution is -2.74. The number of nitrogens with zero attached hydrogens (tertiary/aromatic N) is 1. The summed E-state index contributed by atoms with van der Waals surface area (Å²) >= 11 is 0. The summed E-state index contributed by atoms with van der Waals surface area (Å²) in [5.41, 5.74) is -0.771. The van der Waals surface area contributed by atoms with Crippen LogP contribution in [0.3, 0.4) is 0 Å². The first-order valence-corrected chi connectivity index (χ1v) is 13.1. The minimum atomic E-state index is -5.08. The lowest BCUT2D eigenvalue weighted by atomic mass is 9.50. The number of hydrogen-bond acceptors (Lipinski definition) is 12. The quantitative estimate of drug-likeness (QED) is 0.253. The fraction of sp³-hybridized carbons (Fsp3) is 0.519. The molecular weight excluding hydrogens is 603 g/mol. The number of esters is 3. The van der Waals surface area contributed by atoms with Crippen molar-refractivity contribution in [2.45, 2.75) is 74.7 Å². The molecule has 2 bridgehead atoms. The molecule has 1 aromatic rings. The molecule has 2 heterocycles. The molecule has 6 atom stereocenters. The number of aromatic hydroxyl groups is 1. The third-order valence-corrected chi connectivity index (χ3v) is 8.15. The SMILES string of the molecule is CC(=O)O[C@H](C(=O)O)[C@H](OC(C)=O)C(=O)OC1=CC[C@@]2(O)[C@H]3Cc4ccc(O)c5c4[C@@]2(CCN3C)[C@H]1O5.O=C(O)C(F)(F)F. The number of phenolic OH excluding ortho intramolecular Hbond substituents is 1. The van der Waals surface area contributed by atoms with Crippen molar-refractivity contribution in [1.82, 2.24) is 4.90 Å². The average molecular weight is 632 g/mol. The van der Waals surface area contributed by atoms with Gasteiger partial charge >= 0.3 is 36.0 Å². The summed E-state index contributed by atoms with van der Waals surface area (Å²) in [7, 11) is 1.93. The number of benzene rings is 1. The molecule has 44 heavy (non-hydrogen) atoms. The van der Waals surface area contributed by atoms with E-state index in [4.69, 9.17) is 28.8 Å². The Kier molecular flexibility index (Phi) is 8.34. The Morgan fingerprint density at radius 3 is 2.20 bits per heavy atom. The predicted octanol–water partition coefficient (Wildman–Crippen LogP) is 0.794. The minimum absolute atomic E-state index is 0.0226. The lowest BCUT2D eigenvalue weighted by Gasteiger charge is -2.61. The fourth-order valence-corrected chi connectivity index (χ4v) is 6.44. The van der Waals surface area contributed by atoms with E-state index in [-0.39, 0.29) is 29.7 Å². The normalized spacial score (nSPS) is 27.6. The van der Waals surface area contributed by atoms with Gasteiger partial charge in [0.15, 0.2) is 17.6 Å². The second kappa shape index (κ2) is 11.3. The zero-order chi connectivity index (χ0) is 32.9. The first-order valence-electron chi connectivity index (χ1n) is 13.1. The summed E-state index contributed by atoms with van der Waals surface area (Å²) < 4.78 is 53.1. The van der Waals surface area contributed by atoms with Gasteiger partial charge in [0.2, 0.25) is 12.2 Å². The Labute approximate surface area is 246 Å². The molecule has 0 saturated carbocycles. The first kappa shape index (κ1) is 32.5. The minimum Gasteiger partial charge on any atom is -0.504 e. The number of carbonyl (C=O) groups is 5. The largest absolute Gasteiger partial charge is 0.504 e. The second-order valence-electron chi connectivity index (χ2n) is 10.7. The van der Waals surface area contributed by atoms with Gasteiger partial charge in [-0.05, 0) is 44.1 Å². The molecule has 0 amide bonds. The maximum Gasteiger partial charge on any atom is 0.490 e. The van der Waals surface area contributed by atoms with Gasteiger partial charge in [0, 0.05) is 31.9 Å². The highest BCUT2D eigenvalue weighted by atomic mass is 19.4. The highest BCUT2D eigenvalue weighted by molar-refractivity contribution is 5.88. The second-order valence-corrected chi connectivity index (χ2v) is 10.7. The number of aliphatic hydroxyl groups is 1. The standard InChI is InChI=1S/C25H27NO11.C2HF3O2/c1-11(27)34-19(22(30)31)20(35-12(2)28)23(32)36-15-6-7-25(33)16-10-13-4-5-14(29)18-17(13)24(25,21(15)37-18)8-9-26(16)3;3-2(4,5)1(6)7/h4-6,16,19-21,29,33H,7-10H2,1-3H3,(H,30,31);(H,6,7)/t16-,19+,20+,21+,24+,25-;/m1./s1. The molecule has 17 heteroatoms. The summed E-state index contributed by atoms with van der Waals surface area (Å²) in [6.07, 6.45) is -7.80. The van der Waals surface area contributed by atoms with Gasteiger partial charge in [0.05, 0.1) is 11.0 Å². The topological polar surface area (TPSA) is 206 Å². The zero-order valence-corrected chi connectivity index (χ0v) is 23.4. The van der Waals surface area contributed by atoms with Crippen molar-refractivity contribution in [2.24, 2.45) is 0 Å². The van der Waals surface area contributed by atoms with Crippen molar-refractivity contribution in [3.63, 3.8) is 0 Å². The Hall–Kier alpha value is -4.38. The van der Waals surface area contributed by atoms with Gasteiger partial charge < -0.3 is 44.3 Å². The van der Waals surface area contributed by atoms with Crippen molar-refractivity contribution in [2.75, 3.05) is 13.6 Å². The molecule has 4 N–H and O–H groups in total. The molecule has 5 rings (SSSR count). The van der Waals surface area contributed by atoms with Crippen LogP contribution in [0.4, 0.5) is 13.2 Å². The zero-order valence-electron chi connectivity index (χ0n) is 23.4. The van der Waals surface area contributed by atoms with Crippen molar-refractivity contribution in [3.8, 4) is 11.5 Å². The third kappa shape index (κ3) is 5.29. The molecule has 1 fully saturated rings. The Bertz CT molecular complexity index is 1440. The number of alkyl halides is 3. The van der Waals surface area contributed by atoms with Crippen LogP contribution in [0.25, 0.3) is 0 Å². The van der Waals surface area contributed by atoms with Crippen LogP contribution in [0.1, 0.15) is 37.8 Å². The van der Waals surface area contributed by atoms with Crippen LogP contribution < -0.4 is 4.74 Å². The summed E-state index contributed by atoms with van der Waals surface area (Å²) in [5.74, 6) is -7.70. The predicted molar refractivity (Wildman–Crippen MR) is 135 cm³/mol. The number of aliphatic carboxylic acids is 2. The molecule has 2 aliphatic carbocycles. The first-order chi connectivity index (χ1) is 20.3. The van der Waals surface area contributed by atoms with E-state index in [0.717, 1.165) is 19.4 Å². The van der Waals surface area contributed by atoms with Crippen molar-refractivity contribution in [1.29, 1.82) is 0 Å². The smallest absolute Gasteiger partial charge is 0.490 e. The van der Waals surface area contributed by atoms with Crippen LogP contribution in [0.15, 0.2) is 24.0 Å². The van der Waals surface area contributed by atoms with Crippen LogP contribution in [-0.2, 0) is 50.0 Å². The van der Waals surface area contributed by atoms with Gasteiger partial charge in [-0.1, -0.05) is 6.07 Å². The molecule has 4 aliphatic rings. The van der Waals surface area contributed by atoms with Crippen molar-refractivity contribution in [3.05, 3.63) is 35.1 Å². The molecule has 2 aliphatic heterocycles. The van der Waals surface area contributed by atoms with Crippen LogP contribution in [0.2, 0.25) is 0 Å². The molecule has 240 valence electrons. The number of likely N-dealkylation sites (tertiary alicyclic amines) is 1. The van der Waals surface area contributed by atoms with Gasteiger partial charge in [-0.15, -0.1) is 0 Å². The van der Waals surface area contributed by atoms with Crippen molar-refractivity contribution < 1.29 is 76.5 Å². The number of rotatable bonds is 6. The number of carbonyl (C=O) groups excluding carboxylic acids is 3. The van der Waals surface area contributed by atoms with Crippen LogP contribution in [0.5, 0.6) is 11.5 Å². The van der Waals surface area contributed by atoms with E-state index in [1.807, 2.05) is 7.05 Å². The monoisotopic (exact) mass is 631 g/mol. The summed E-state index contributed by atoms with van der Waals surface area (Å²) in [4.78, 5) is 59.0.